The van der Waals surface area contributed by atoms with Crippen LogP contribution in [0.3, 0.4) is 0 Å². The fraction of sp³-hybridized carbons (Fsp3) is 0.292. The SMILES string of the molecule is CCOC(=O)[C@@H]1C(=O)C2=C(C[C@@H]1c1ccccc1)NC(=O)C[C@@H]2c1ccc(F)cc1. The molecule has 0 aromatic heterocycles. The highest BCUT2D eigenvalue weighted by molar-refractivity contribution is 6.12. The lowest BCUT2D eigenvalue weighted by Crippen LogP contribution is -2.44. The number of ether oxygens (including phenoxy) is 1. The van der Waals surface area contributed by atoms with Crippen LogP contribution >= 0.6 is 0 Å². The van der Waals surface area contributed by atoms with Crippen LogP contribution in [0.4, 0.5) is 4.39 Å². The van der Waals surface area contributed by atoms with Crippen LogP contribution in [0, 0.1) is 11.7 Å². The molecule has 5 nitrogen and oxygen atoms in total. The van der Waals surface area contributed by atoms with E-state index in [-0.39, 0.29) is 24.7 Å². The Hall–Kier alpha value is -3.28. The van der Waals surface area contributed by atoms with Gasteiger partial charge in [-0.05, 0) is 36.6 Å². The first-order valence-corrected chi connectivity index (χ1v) is 10.0. The fourth-order valence-corrected chi connectivity index (χ4v) is 4.45. The standard InChI is InChI=1S/C24H22FNO4/c1-2-30-24(29)22-17(14-6-4-3-5-7-14)12-19-21(23(22)28)18(13-20(27)26-19)15-8-10-16(25)11-9-15/h3-11,17-18,22H,2,12-13H2,1H3,(H,26,27)/t17-,18-,22+/m1/s1. The molecule has 0 unspecified atom stereocenters. The summed E-state index contributed by atoms with van der Waals surface area (Å²) in [6.07, 6.45) is 0.416. The number of halogens is 1. The molecule has 0 fully saturated rings. The van der Waals surface area contributed by atoms with Gasteiger partial charge in [-0.15, -0.1) is 0 Å². The zero-order valence-corrected chi connectivity index (χ0v) is 16.6. The number of amides is 1. The Morgan fingerprint density at radius 1 is 1.03 bits per heavy atom. The molecule has 3 atom stereocenters. The van der Waals surface area contributed by atoms with E-state index in [4.69, 9.17) is 4.74 Å². The van der Waals surface area contributed by atoms with Crippen molar-refractivity contribution in [3.8, 4) is 0 Å². The van der Waals surface area contributed by atoms with Gasteiger partial charge in [-0.25, -0.2) is 4.39 Å². The normalized spacial score (nSPS) is 23.6. The molecule has 2 aliphatic rings. The van der Waals surface area contributed by atoms with Gasteiger partial charge >= 0.3 is 5.97 Å². The number of benzene rings is 2. The molecule has 2 aromatic rings. The summed E-state index contributed by atoms with van der Waals surface area (Å²) in [7, 11) is 0. The molecule has 1 N–H and O–H groups in total. The van der Waals surface area contributed by atoms with E-state index >= 15 is 0 Å². The second kappa shape index (κ2) is 8.22. The zero-order valence-electron chi connectivity index (χ0n) is 16.6. The lowest BCUT2D eigenvalue weighted by molar-refractivity contribution is -0.152. The number of carbonyl (C=O) groups is 3. The maximum Gasteiger partial charge on any atom is 0.317 e. The number of rotatable bonds is 4. The quantitative estimate of drug-likeness (QED) is 0.621. The summed E-state index contributed by atoms with van der Waals surface area (Å²) in [6, 6.07) is 15.1. The van der Waals surface area contributed by atoms with Gasteiger partial charge in [-0.2, -0.15) is 0 Å². The Kier molecular flexibility index (Phi) is 5.48. The molecule has 0 radical (unpaired) electrons. The molecule has 0 spiro atoms. The van der Waals surface area contributed by atoms with Gasteiger partial charge in [0, 0.05) is 29.5 Å². The van der Waals surface area contributed by atoms with E-state index < -0.39 is 29.5 Å². The summed E-state index contributed by atoms with van der Waals surface area (Å²) in [5, 5.41) is 2.84. The average molecular weight is 407 g/mol. The van der Waals surface area contributed by atoms with Crippen molar-refractivity contribution < 1.29 is 23.5 Å². The first-order chi connectivity index (χ1) is 14.5. The summed E-state index contributed by atoms with van der Waals surface area (Å²) in [5.41, 5.74) is 2.48. The van der Waals surface area contributed by atoms with Crippen molar-refractivity contribution in [1.29, 1.82) is 0 Å². The van der Waals surface area contributed by atoms with Crippen LogP contribution in [0.15, 0.2) is 65.9 Å². The average Bonchev–Trinajstić information content (AvgIpc) is 2.74. The Bertz CT molecular complexity index is 1010. The van der Waals surface area contributed by atoms with Crippen LogP contribution < -0.4 is 5.32 Å². The maximum absolute atomic E-state index is 13.6. The summed E-state index contributed by atoms with van der Waals surface area (Å²) < 4.78 is 18.7. The molecular weight excluding hydrogens is 385 g/mol. The molecule has 0 bridgehead atoms. The van der Waals surface area contributed by atoms with E-state index in [1.54, 1.807) is 19.1 Å². The highest BCUT2D eigenvalue weighted by Gasteiger charge is 2.47. The number of Topliss-reactive ketones (excluding diaryl/α,β-unsaturated/α-hetero) is 1. The van der Waals surface area contributed by atoms with E-state index in [9.17, 15) is 18.8 Å². The van der Waals surface area contributed by atoms with Crippen LogP contribution in [0.25, 0.3) is 0 Å². The van der Waals surface area contributed by atoms with Crippen LogP contribution in [-0.4, -0.2) is 24.3 Å². The summed E-state index contributed by atoms with van der Waals surface area (Å²) >= 11 is 0. The highest BCUT2D eigenvalue weighted by atomic mass is 19.1. The minimum absolute atomic E-state index is 0.0712. The largest absolute Gasteiger partial charge is 0.465 e. The predicted molar refractivity (Wildman–Crippen MR) is 108 cm³/mol. The third-order valence-corrected chi connectivity index (χ3v) is 5.77. The number of allylic oxidation sites excluding steroid dienone is 2. The van der Waals surface area contributed by atoms with Crippen molar-refractivity contribution in [2.45, 2.75) is 31.6 Å². The number of hydrogen-bond acceptors (Lipinski definition) is 4. The molecule has 0 saturated heterocycles. The topological polar surface area (TPSA) is 72.5 Å². The molecule has 154 valence electrons. The number of ketones is 1. The number of nitrogens with one attached hydrogen (secondary N) is 1. The minimum Gasteiger partial charge on any atom is -0.465 e. The Balaban J connectivity index is 1.81. The molecule has 1 heterocycles. The van der Waals surface area contributed by atoms with E-state index in [1.807, 2.05) is 30.3 Å². The Morgan fingerprint density at radius 2 is 1.73 bits per heavy atom. The van der Waals surface area contributed by atoms with Crippen LogP contribution in [0.5, 0.6) is 0 Å². The fourth-order valence-electron chi connectivity index (χ4n) is 4.45. The predicted octanol–water partition coefficient (Wildman–Crippen LogP) is 3.62. The second-order valence-corrected chi connectivity index (χ2v) is 7.56. The van der Waals surface area contributed by atoms with Gasteiger partial charge in [0.1, 0.15) is 11.7 Å². The summed E-state index contributed by atoms with van der Waals surface area (Å²) in [5.74, 6) is -3.41. The smallest absolute Gasteiger partial charge is 0.317 e. The van der Waals surface area contributed by atoms with Crippen LogP contribution in [-0.2, 0) is 19.1 Å². The van der Waals surface area contributed by atoms with Crippen molar-refractivity contribution in [2.24, 2.45) is 5.92 Å². The van der Waals surface area contributed by atoms with Gasteiger partial charge in [0.25, 0.3) is 0 Å². The van der Waals surface area contributed by atoms with Crippen LogP contribution in [0.2, 0.25) is 0 Å². The second-order valence-electron chi connectivity index (χ2n) is 7.56. The molecule has 2 aromatic carbocycles. The van der Waals surface area contributed by atoms with Gasteiger partial charge in [0.15, 0.2) is 5.78 Å². The van der Waals surface area contributed by atoms with E-state index in [0.29, 0.717) is 23.3 Å². The molecular formula is C24H22FNO4. The van der Waals surface area contributed by atoms with E-state index in [0.717, 1.165) is 5.56 Å². The number of hydrogen-bond donors (Lipinski definition) is 1. The van der Waals surface area contributed by atoms with Gasteiger partial charge in [0.2, 0.25) is 5.91 Å². The molecule has 0 saturated carbocycles. The van der Waals surface area contributed by atoms with Gasteiger partial charge in [-0.1, -0.05) is 42.5 Å². The van der Waals surface area contributed by atoms with Crippen molar-refractivity contribution in [3.05, 3.63) is 82.8 Å². The first kappa shape index (κ1) is 20.0. The summed E-state index contributed by atoms with van der Waals surface area (Å²) in [6.45, 7) is 1.88. The highest BCUT2D eigenvalue weighted by Crippen LogP contribution is 2.45. The van der Waals surface area contributed by atoms with Gasteiger partial charge in [0.05, 0.1) is 6.61 Å². The van der Waals surface area contributed by atoms with E-state index in [1.165, 1.54) is 12.1 Å². The summed E-state index contributed by atoms with van der Waals surface area (Å²) in [4.78, 5) is 38.9. The van der Waals surface area contributed by atoms with Crippen molar-refractivity contribution in [3.63, 3.8) is 0 Å². The number of carbonyl (C=O) groups excluding carboxylic acids is 3. The Labute approximate surface area is 173 Å². The molecule has 1 aliphatic carbocycles. The third-order valence-electron chi connectivity index (χ3n) is 5.77. The Morgan fingerprint density at radius 3 is 2.40 bits per heavy atom. The molecule has 30 heavy (non-hydrogen) atoms. The zero-order chi connectivity index (χ0) is 21.3. The maximum atomic E-state index is 13.6. The lowest BCUT2D eigenvalue weighted by atomic mass is 9.68. The van der Waals surface area contributed by atoms with Crippen LogP contribution in [0.1, 0.15) is 42.7 Å². The monoisotopic (exact) mass is 407 g/mol. The molecule has 1 amide bonds. The van der Waals surface area contributed by atoms with Crippen molar-refractivity contribution >= 4 is 17.7 Å². The van der Waals surface area contributed by atoms with Gasteiger partial charge in [-0.3, -0.25) is 14.4 Å². The van der Waals surface area contributed by atoms with Gasteiger partial charge < -0.3 is 10.1 Å². The number of esters is 1. The molecule has 6 heteroatoms. The molecule has 4 rings (SSSR count). The van der Waals surface area contributed by atoms with E-state index in [2.05, 4.69) is 5.32 Å². The van der Waals surface area contributed by atoms with Crippen molar-refractivity contribution in [1.82, 2.24) is 5.32 Å². The van der Waals surface area contributed by atoms with Crippen molar-refractivity contribution in [2.75, 3.05) is 6.61 Å². The first-order valence-electron chi connectivity index (χ1n) is 10.0. The third kappa shape index (κ3) is 3.65. The molecule has 1 aliphatic heterocycles. The lowest BCUT2D eigenvalue weighted by Gasteiger charge is -2.38. The minimum atomic E-state index is -0.982.